The quantitative estimate of drug-likeness (QED) is 0.488. The van der Waals surface area contributed by atoms with Crippen molar-refractivity contribution in [2.45, 2.75) is 117 Å². The Morgan fingerprint density at radius 3 is 2.33 bits per heavy atom. The Morgan fingerprint density at radius 2 is 1.73 bits per heavy atom. The molecular formula is C27H45N3O3. The van der Waals surface area contributed by atoms with E-state index < -0.39 is 5.60 Å². The van der Waals surface area contributed by atoms with Gasteiger partial charge in [0.2, 0.25) is 0 Å². The molecule has 1 aliphatic heterocycles. The van der Waals surface area contributed by atoms with Crippen LogP contribution in [0.1, 0.15) is 111 Å². The molecule has 0 bridgehead atoms. The Hall–Kier alpha value is -1.82. The lowest BCUT2D eigenvalue weighted by Gasteiger charge is -2.33. The molecule has 0 radical (unpaired) electrons. The molecule has 2 aliphatic rings. The molecule has 1 amide bonds. The molecule has 0 unspecified atom stereocenters. The van der Waals surface area contributed by atoms with Crippen molar-refractivity contribution in [2.75, 3.05) is 19.7 Å². The summed E-state index contributed by atoms with van der Waals surface area (Å²) < 4.78 is 14.3. The van der Waals surface area contributed by atoms with Gasteiger partial charge in [0.25, 0.3) is 0 Å². The smallest absolute Gasteiger partial charge is 0.410 e. The van der Waals surface area contributed by atoms with E-state index in [-0.39, 0.29) is 12.1 Å². The first kappa shape index (κ1) is 25.8. The van der Waals surface area contributed by atoms with Gasteiger partial charge < -0.3 is 14.4 Å². The molecule has 1 aromatic heterocycles. The Bertz CT molecular complexity index is 781. The van der Waals surface area contributed by atoms with Crippen LogP contribution in [0, 0.1) is 0 Å². The molecule has 0 N–H and O–H groups in total. The SMILES string of the molecule is CC(C)n1nccc1C1=C(COC2CCCCCCCCC2)CCN(C(=O)OC(C)(C)C)C1. The molecule has 6 nitrogen and oxygen atoms in total. The average molecular weight is 460 g/mol. The Morgan fingerprint density at radius 1 is 1.09 bits per heavy atom. The average Bonchev–Trinajstić information content (AvgIpc) is 3.25. The summed E-state index contributed by atoms with van der Waals surface area (Å²) >= 11 is 0. The first-order valence-electron chi connectivity index (χ1n) is 13.1. The minimum atomic E-state index is -0.500. The van der Waals surface area contributed by atoms with Gasteiger partial charge >= 0.3 is 6.09 Å². The molecule has 0 atom stereocenters. The van der Waals surface area contributed by atoms with Crippen LogP contribution in [-0.2, 0) is 9.47 Å². The third-order valence-electron chi connectivity index (χ3n) is 6.63. The molecule has 1 saturated carbocycles. The zero-order chi connectivity index (χ0) is 23.8. The van der Waals surface area contributed by atoms with E-state index in [9.17, 15) is 4.79 Å². The summed E-state index contributed by atoms with van der Waals surface area (Å²) in [6, 6.07) is 2.32. The highest BCUT2D eigenvalue weighted by molar-refractivity contribution is 5.76. The highest BCUT2D eigenvalue weighted by Crippen LogP contribution is 2.30. The summed E-state index contributed by atoms with van der Waals surface area (Å²) in [5.74, 6) is 0. The van der Waals surface area contributed by atoms with Crippen LogP contribution in [-0.4, -0.2) is 52.2 Å². The highest BCUT2D eigenvalue weighted by atomic mass is 16.6. The first-order valence-corrected chi connectivity index (χ1v) is 13.1. The van der Waals surface area contributed by atoms with E-state index in [4.69, 9.17) is 9.47 Å². The number of ether oxygens (including phenoxy) is 2. The van der Waals surface area contributed by atoms with Crippen molar-refractivity contribution in [3.63, 3.8) is 0 Å². The van der Waals surface area contributed by atoms with E-state index in [0.717, 1.165) is 30.5 Å². The summed E-state index contributed by atoms with van der Waals surface area (Å²) in [6.45, 7) is 11.9. The summed E-state index contributed by atoms with van der Waals surface area (Å²) in [5.41, 5.74) is 3.05. The van der Waals surface area contributed by atoms with Crippen LogP contribution in [0.15, 0.2) is 17.8 Å². The van der Waals surface area contributed by atoms with Gasteiger partial charge in [-0.25, -0.2) is 4.79 Å². The third-order valence-corrected chi connectivity index (χ3v) is 6.63. The second kappa shape index (κ2) is 12.0. The lowest BCUT2D eigenvalue weighted by molar-refractivity contribution is 0.0251. The van der Waals surface area contributed by atoms with Gasteiger partial charge in [0.05, 0.1) is 24.9 Å². The molecular weight excluding hydrogens is 414 g/mol. The first-order chi connectivity index (χ1) is 15.7. The van der Waals surface area contributed by atoms with Gasteiger partial charge in [-0.05, 0) is 71.1 Å². The predicted octanol–water partition coefficient (Wildman–Crippen LogP) is 6.77. The number of rotatable bonds is 5. The Kier molecular flexibility index (Phi) is 9.42. The molecule has 6 heteroatoms. The lowest BCUT2D eigenvalue weighted by atomic mass is 9.97. The number of carbonyl (C=O) groups is 1. The zero-order valence-electron chi connectivity index (χ0n) is 21.6. The van der Waals surface area contributed by atoms with Crippen molar-refractivity contribution >= 4 is 11.7 Å². The molecule has 2 heterocycles. The molecule has 1 aromatic rings. The van der Waals surface area contributed by atoms with Crippen molar-refractivity contribution in [3.8, 4) is 0 Å². The van der Waals surface area contributed by atoms with Gasteiger partial charge in [0.15, 0.2) is 0 Å². The monoisotopic (exact) mass is 459 g/mol. The van der Waals surface area contributed by atoms with Crippen molar-refractivity contribution in [2.24, 2.45) is 0 Å². The van der Waals surface area contributed by atoms with Crippen molar-refractivity contribution < 1.29 is 14.3 Å². The van der Waals surface area contributed by atoms with Crippen molar-refractivity contribution in [1.82, 2.24) is 14.7 Å². The highest BCUT2D eigenvalue weighted by Gasteiger charge is 2.29. The van der Waals surface area contributed by atoms with Gasteiger partial charge in [0.1, 0.15) is 5.60 Å². The summed E-state index contributed by atoms with van der Waals surface area (Å²) in [7, 11) is 0. The van der Waals surface area contributed by atoms with Crippen LogP contribution in [0.4, 0.5) is 4.79 Å². The molecule has 0 aromatic carbocycles. The topological polar surface area (TPSA) is 56.6 Å². The lowest BCUT2D eigenvalue weighted by Crippen LogP contribution is -2.41. The number of carbonyl (C=O) groups excluding carboxylic acids is 1. The number of amides is 1. The maximum Gasteiger partial charge on any atom is 0.410 e. The zero-order valence-corrected chi connectivity index (χ0v) is 21.6. The number of hydrogen-bond donors (Lipinski definition) is 0. The summed E-state index contributed by atoms with van der Waals surface area (Å²) in [5, 5.41) is 4.55. The number of hydrogen-bond acceptors (Lipinski definition) is 4. The molecule has 33 heavy (non-hydrogen) atoms. The molecule has 1 aliphatic carbocycles. The summed E-state index contributed by atoms with van der Waals surface area (Å²) in [4.78, 5) is 14.6. The van der Waals surface area contributed by atoms with E-state index in [1.807, 2.05) is 31.9 Å². The van der Waals surface area contributed by atoms with E-state index in [2.05, 4.69) is 29.7 Å². The van der Waals surface area contributed by atoms with Gasteiger partial charge in [0, 0.05) is 18.8 Å². The van der Waals surface area contributed by atoms with E-state index in [1.54, 1.807) is 0 Å². The van der Waals surface area contributed by atoms with Gasteiger partial charge in [-0.1, -0.05) is 44.9 Å². The van der Waals surface area contributed by atoms with Crippen molar-refractivity contribution in [3.05, 3.63) is 23.5 Å². The second-order valence-electron chi connectivity index (χ2n) is 11.0. The fraction of sp³-hybridized carbons (Fsp3) is 0.778. The Balaban J connectivity index is 1.77. The molecule has 3 rings (SSSR count). The number of nitrogens with zero attached hydrogens (tertiary/aromatic N) is 3. The fourth-order valence-corrected chi connectivity index (χ4v) is 4.83. The van der Waals surface area contributed by atoms with Crippen LogP contribution in [0.2, 0.25) is 0 Å². The maximum absolute atomic E-state index is 12.8. The normalized spacial score (nSPS) is 19.8. The van der Waals surface area contributed by atoms with Gasteiger partial charge in [-0.2, -0.15) is 5.10 Å². The maximum atomic E-state index is 12.8. The third kappa shape index (κ3) is 7.87. The molecule has 0 spiro atoms. The molecule has 186 valence electrons. The number of aromatic nitrogens is 2. The van der Waals surface area contributed by atoms with Gasteiger partial charge in [-0.3, -0.25) is 4.68 Å². The largest absolute Gasteiger partial charge is 0.444 e. The van der Waals surface area contributed by atoms with E-state index >= 15 is 0 Å². The van der Waals surface area contributed by atoms with Crippen LogP contribution in [0.25, 0.3) is 5.57 Å². The van der Waals surface area contributed by atoms with E-state index in [0.29, 0.717) is 25.8 Å². The minimum absolute atomic E-state index is 0.247. The Labute approximate surface area is 200 Å². The van der Waals surface area contributed by atoms with Crippen molar-refractivity contribution in [1.29, 1.82) is 0 Å². The molecule has 1 fully saturated rings. The van der Waals surface area contributed by atoms with E-state index in [1.165, 1.54) is 50.5 Å². The van der Waals surface area contributed by atoms with Crippen LogP contribution >= 0.6 is 0 Å². The fourth-order valence-electron chi connectivity index (χ4n) is 4.83. The van der Waals surface area contributed by atoms with Crippen LogP contribution < -0.4 is 0 Å². The van der Waals surface area contributed by atoms with Crippen LogP contribution in [0.3, 0.4) is 0 Å². The standard InChI is InChI=1S/C27H45N3O3/c1-21(2)30-25(15-17-28-30)24-19-29(26(31)33-27(3,4)5)18-16-22(24)20-32-23-13-11-9-7-6-8-10-12-14-23/h15,17,21,23H,6-14,16,18-20H2,1-5H3. The molecule has 0 saturated heterocycles. The second-order valence-corrected chi connectivity index (χ2v) is 11.0. The minimum Gasteiger partial charge on any atom is -0.444 e. The predicted molar refractivity (Wildman–Crippen MR) is 133 cm³/mol. The van der Waals surface area contributed by atoms with Gasteiger partial charge in [-0.15, -0.1) is 0 Å². The summed E-state index contributed by atoms with van der Waals surface area (Å²) in [6.07, 6.45) is 14.4. The van der Waals surface area contributed by atoms with Crippen LogP contribution in [0.5, 0.6) is 0 Å².